The minimum Gasteiger partial charge on any atom is -0.444 e. The van der Waals surface area contributed by atoms with Crippen molar-refractivity contribution in [2.45, 2.75) is 59.0 Å². The van der Waals surface area contributed by atoms with Gasteiger partial charge < -0.3 is 15.4 Å². The van der Waals surface area contributed by atoms with Crippen molar-refractivity contribution in [3.63, 3.8) is 0 Å². The highest BCUT2D eigenvalue weighted by atomic mass is 16.6. The van der Waals surface area contributed by atoms with Crippen molar-refractivity contribution in [1.29, 1.82) is 0 Å². The normalized spacial score (nSPS) is 11.3. The molecule has 0 unspecified atom stereocenters. The summed E-state index contributed by atoms with van der Waals surface area (Å²) in [7, 11) is 0. The smallest absolute Gasteiger partial charge is 0.407 e. The minimum absolute atomic E-state index is 0.318. The van der Waals surface area contributed by atoms with Crippen LogP contribution in [0.1, 0.15) is 53.4 Å². The van der Waals surface area contributed by atoms with Gasteiger partial charge in [-0.3, -0.25) is 0 Å². The summed E-state index contributed by atoms with van der Waals surface area (Å²) in [5, 5.41) is 6.11. The Morgan fingerprint density at radius 3 is 2.29 bits per heavy atom. The van der Waals surface area contributed by atoms with Crippen LogP contribution in [0.5, 0.6) is 0 Å². The molecular weight excluding hydrogens is 216 g/mol. The Kier molecular flexibility index (Phi) is 8.86. The number of amides is 1. The summed E-state index contributed by atoms with van der Waals surface area (Å²) in [4.78, 5) is 11.3. The van der Waals surface area contributed by atoms with Gasteiger partial charge in [-0.1, -0.05) is 13.3 Å². The van der Waals surface area contributed by atoms with E-state index in [4.69, 9.17) is 4.74 Å². The first-order valence-electron chi connectivity index (χ1n) is 6.63. The lowest BCUT2D eigenvalue weighted by Crippen LogP contribution is -2.33. The molecule has 0 atom stereocenters. The quantitative estimate of drug-likeness (QED) is 0.645. The number of ether oxygens (including phenoxy) is 1. The van der Waals surface area contributed by atoms with Crippen molar-refractivity contribution in [2.24, 2.45) is 0 Å². The van der Waals surface area contributed by atoms with Crippen LogP contribution in [0.25, 0.3) is 0 Å². The van der Waals surface area contributed by atoms with E-state index < -0.39 is 5.60 Å². The maximum atomic E-state index is 11.3. The minimum atomic E-state index is -0.409. The van der Waals surface area contributed by atoms with E-state index in [-0.39, 0.29) is 6.09 Å². The second kappa shape index (κ2) is 9.28. The van der Waals surface area contributed by atoms with Crippen molar-refractivity contribution < 1.29 is 9.53 Å². The number of rotatable bonds is 8. The van der Waals surface area contributed by atoms with Gasteiger partial charge >= 0.3 is 6.09 Å². The largest absolute Gasteiger partial charge is 0.444 e. The number of hydrogen-bond acceptors (Lipinski definition) is 3. The van der Waals surface area contributed by atoms with Crippen LogP contribution in [-0.4, -0.2) is 31.3 Å². The van der Waals surface area contributed by atoms with Gasteiger partial charge in [0.25, 0.3) is 0 Å². The molecule has 0 rings (SSSR count). The zero-order chi connectivity index (χ0) is 13.1. The molecule has 0 aliphatic heterocycles. The summed E-state index contributed by atoms with van der Waals surface area (Å²) < 4.78 is 5.13. The lowest BCUT2D eigenvalue weighted by Gasteiger charge is -2.19. The monoisotopic (exact) mass is 244 g/mol. The van der Waals surface area contributed by atoms with Crippen LogP contribution in [0.2, 0.25) is 0 Å². The summed E-state index contributed by atoms with van der Waals surface area (Å²) in [6.07, 6.45) is 4.16. The van der Waals surface area contributed by atoms with Crippen LogP contribution >= 0.6 is 0 Å². The summed E-state index contributed by atoms with van der Waals surface area (Å²) >= 11 is 0. The van der Waals surface area contributed by atoms with Gasteiger partial charge in [-0.15, -0.1) is 0 Å². The molecule has 0 heterocycles. The van der Waals surface area contributed by atoms with Crippen LogP contribution in [-0.2, 0) is 4.74 Å². The van der Waals surface area contributed by atoms with Crippen LogP contribution in [0.15, 0.2) is 0 Å². The van der Waals surface area contributed by atoms with E-state index in [0.29, 0.717) is 6.54 Å². The Balaban J connectivity index is 3.25. The van der Waals surface area contributed by atoms with Gasteiger partial charge in [0.05, 0.1) is 0 Å². The zero-order valence-corrected chi connectivity index (χ0v) is 11.8. The molecular formula is C13H28N2O2. The molecule has 0 aromatic heterocycles. The molecule has 4 nitrogen and oxygen atoms in total. The third kappa shape index (κ3) is 13.2. The van der Waals surface area contributed by atoms with Gasteiger partial charge in [0, 0.05) is 6.54 Å². The average Bonchev–Trinajstić information content (AvgIpc) is 2.19. The Hall–Kier alpha value is -0.770. The lowest BCUT2D eigenvalue weighted by molar-refractivity contribution is 0.0527. The third-order valence-corrected chi connectivity index (χ3v) is 2.13. The molecule has 0 aliphatic rings. The molecule has 102 valence electrons. The standard InChI is InChI=1S/C13H28N2O2/c1-5-9-14-10-7-6-8-11-15-12(16)17-13(2,3)4/h14H,5-11H2,1-4H3,(H,15,16). The fraction of sp³-hybridized carbons (Fsp3) is 0.923. The second-order valence-corrected chi connectivity index (χ2v) is 5.24. The van der Waals surface area contributed by atoms with Gasteiger partial charge in [-0.25, -0.2) is 4.79 Å². The second-order valence-electron chi connectivity index (χ2n) is 5.24. The van der Waals surface area contributed by atoms with Gasteiger partial charge in [0.2, 0.25) is 0 Å². The van der Waals surface area contributed by atoms with Crippen LogP contribution < -0.4 is 10.6 Å². The lowest BCUT2D eigenvalue weighted by atomic mass is 10.2. The topological polar surface area (TPSA) is 50.4 Å². The van der Waals surface area contributed by atoms with Crippen molar-refractivity contribution in [3.05, 3.63) is 0 Å². The van der Waals surface area contributed by atoms with E-state index in [9.17, 15) is 4.79 Å². The van der Waals surface area contributed by atoms with Crippen molar-refractivity contribution in [1.82, 2.24) is 10.6 Å². The van der Waals surface area contributed by atoms with Crippen molar-refractivity contribution in [2.75, 3.05) is 19.6 Å². The van der Waals surface area contributed by atoms with E-state index >= 15 is 0 Å². The maximum absolute atomic E-state index is 11.3. The summed E-state index contributed by atoms with van der Waals surface area (Å²) in [6, 6.07) is 0. The van der Waals surface area contributed by atoms with Crippen LogP contribution in [0.4, 0.5) is 4.79 Å². The number of carbonyl (C=O) groups excluding carboxylic acids is 1. The molecule has 4 heteroatoms. The first-order valence-corrected chi connectivity index (χ1v) is 6.63. The molecule has 0 bridgehead atoms. The third-order valence-electron chi connectivity index (χ3n) is 2.13. The number of hydrogen-bond donors (Lipinski definition) is 2. The Bertz CT molecular complexity index is 200. The Morgan fingerprint density at radius 1 is 1.06 bits per heavy atom. The summed E-state index contributed by atoms with van der Waals surface area (Å²) in [6.45, 7) is 10.6. The first-order chi connectivity index (χ1) is 7.95. The van der Waals surface area contributed by atoms with E-state index in [2.05, 4.69) is 17.6 Å². The molecule has 2 N–H and O–H groups in total. The predicted octanol–water partition coefficient (Wildman–Crippen LogP) is 2.68. The molecule has 0 radical (unpaired) electrons. The molecule has 0 aliphatic carbocycles. The van der Waals surface area contributed by atoms with Crippen molar-refractivity contribution >= 4 is 6.09 Å². The molecule has 0 fully saturated rings. The molecule has 0 saturated carbocycles. The molecule has 0 aromatic rings. The first kappa shape index (κ1) is 16.2. The fourth-order valence-electron chi connectivity index (χ4n) is 1.36. The average molecular weight is 244 g/mol. The van der Waals surface area contributed by atoms with Crippen LogP contribution in [0.3, 0.4) is 0 Å². The van der Waals surface area contributed by atoms with Gasteiger partial charge in [-0.05, 0) is 53.1 Å². The number of carbonyl (C=O) groups is 1. The van der Waals surface area contributed by atoms with Crippen LogP contribution in [0, 0.1) is 0 Å². The van der Waals surface area contributed by atoms with E-state index in [0.717, 1.165) is 32.4 Å². The molecule has 0 spiro atoms. The molecule has 0 saturated heterocycles. The van der Waals surface area contributed by atoms with Gasteiger partial charge in [-0.2, -0.15) is 0 Å². The SMILES string of the molecule is CCCNCCCCCNC(=O)OC(C)(C)C. The molecule has 17 heavy (non-hydrogen) atoms. The number of alkyl carbamates (subject to hydrolysis) is 1. The van der Waals surface area contributed by atoms with E-state index in [1.54, 1.807) is 0 Å². The summed E-state index contributed by atoms with van der Waals surface area (Å²) in [5.41, 5.74) is -0.409. The molecule has 1 amide bonds. The Morgan fingerprint density at radius 2 is 1.71 bits per heavy atom. The van der Waals surface area contributed by atoms with Crippen molar-refractivity contribution in [3.8, 4) is 0 Å². The summed E-state index contributed by atoms with van der Waals surface area (Å²) in [5.74, 6) is 0. The van der Waals surface area contributed by atoms with Gasteiger partial charge in [0.15, 0.2) is 0 Å². The highest BCUT2D eigenvalue weighted by Gasteiger charge is 2.15. The van der Waals surface area contributed by atoms with Gasteiger partial charge in [0.1, 0.15) is 5.60 Å². The van der Waals surface area contributed by atoms with E-state index in [1.807, 2.05) is 20.8 Å². The number of nitrogens with one attached hydrogen (secondary N) is 2. The highest BCUT2D eigenvalue weighted by Crippen LogP contribution is 2.06. The van der Waals surface area contributed by atoms with E-state index in [1.165, 1.54) is 6.42 Å². The maximum Gasteiger partial charge on any atom is 0.407 e. The molecule has 0 aromatic carbocycles. The zero-order valence-electron chi connectivity index (χ0n) is 11.8. The fourth-order valence-corrected chi connectivity index (χ4v) is 1.36. The number of unbranched alkanes of at least 4 members (excludes halogenated alkanes) is 2. The predicted molar refractivity (Wildman–Crippen MR) is 71.2 cm³/mol. The highest BCUT2D eigenvalue weighted by molar-refractivity contribution is 5.67. The Labute approximate surface area is 105 Å².